The number of fused-ring (bicyclic) bond motifs is 1. The normalized spacial score (nSPS) is 18.9. The molecule has 0 radical (unpaired) electrons. The fraction of sp³-hybridized carbons (Fsp3) is 0.360. The van der Waals surface area contributed by atoms with Crippen LogP contribution in [0.5, 0.6) is 0 Å². The Balaban J connectivity index is 1.63. The number of benzene rings is 3. The van der Waals surface area contributed by atoms with E-state index in [4.69, 9.17) is 0 Å². The van der Waals surface area contributed by atoms with Crippen molar-refractivity contribution >= 4 is 26.5 Å². The summed E-state index contributed by atoms with van der Waals surface area (Å²) in [6.45, 7) is 5.70. The largest absolute Gasteiger partial charge is 0.369 e. The average molecular weight is 454 g/mol. The van der Waals surface area contributed by atoms with Gasteiger partial charge >= 0.3 is 0 Å². The topological polar surface area (TPSA) is 90.5 Å². The van der Waals surface area contributed by atoms with Crippen molar-refractivity contribution in [2.75, 3.05) is 18.4 Å². The van der Waals surface area contributed by atoms with Gasteiger partial charge in [-0.2, -0.15) is 0 Å². The zero-order chi connectivity index (χ0) is 22.7. The molecule has 1 aliphatic heterocycles. The van der Waals surface area contributed by atoms with Crippen LogP contribution in [-0.4, -0.2) is 32.7 Å². The van der Waals surface area contributed by atoms with Crippen LogP contribution in [0.3, 0.4) is 0 Å². The Kier molecular flexibility index (Phi) is 6.81. The number of aliphatic hydroxyl groups is 1. The quantitative estimate of drug-likeness (QED) is 0.407. The Hall–Kier alpha value is -2.45. The van der Waals surface area contributed by atoms with Crippen molar-refractivity contribution in [3.63, 3.8) is 0 Å². The maximum atomic E-state index is 13.3. The molecule has 3 atom stereocenters. The molecule has 3 unspecified atom stereocenters. The highest BCUT2D eigenvalue weighted by molar-refractivity contribution is 7.89. The molecule has 0 bridgehead atoms. The lowest BCUT2D eigenvalue weighted by Crippen LogP contribution is -2.44. The zero-order valence-corrected chi connectivity index (χ0v) is 19.3. The third-order valence-corrected chi connectivity index (χ3v) is 7.95. The minimum atomic E-state index is -3.71. The summed E-state index contributed by atoms with van der Waals surface area (Å²) in [5.74, 6) is 0.273. The Bertz CT molecular complexity index is 1190. The van der Waals surface area contributed by atoms with Gasteiger partial charge in [-0.05, 0) is 63.4 Å². The van der Waals surface area contributed by atoms with E-state index < -0.39 is 16.3 Å². The monoisotopic (exact) mass is 453 g/mol. The molecule has 0 aromatic heterocycles. The minimum Gasteiger partial charge on any atom is -0.369 e. The van der Waals surface area contributed by atoms with Crippen LogP contribution < -0.4 is 15.4 Å². The van der Waals surface area contributed by atoms with E-state index >= 15 is 0 Å². The third kappa shape index (κ3) is 4.81. The lowest BCUT2D eigenvalue weighted by Gasteiger charge is -2.29. The Labute approximate surface area is 190 Å². The van der Waals surface area contributed by atoms with Gasteiger partial charge in [0.25, 0.3) is 0 Å². The molecule has 1 aliphatic rings. The van der Waals surface area contributed by atoms with E-state index in [0.717, 1.165) is 42.4 Å². The first kappa shape index (κ1) is 22.7. The van der Waals surface area contributed by atoms with E-state index in [1.54, 1.807) is 12.1 Å². The van der Waals surface area contributed by atoms with Crippen LogP contribution >= 0.6 is 0 Å². The maximum Gasteiger partial charge on any atom is 0.241 e. The number of sulfonamides is 1. The van der Waals surface area contributed by atoms with Crippen LogP contribution in [0, 0.1) is 12.8 Å². The van der Waals surface area contributed by atoms with Gasteiger partial charge in [0.15, 0.2) is 6.23 Å². The van der Waals surface area contributed by atoms with Crippen molar-refractivity contribution in [2.45, 2.75) is 43.9 Å². The van der Waals surface area contributed by atoms with Crippen molar-refractivity contribution in [2.24, 2.45) is 5.92 Å². The fourth-order valence-corrected chi connectivity index (χ4v) is 5.98. The fourth-order valence-electron chi connectivity index (χ4n) is 4.46. The molecule has 4 rings (SSSR count). The van der Waals surface area contributed by atoms with Gasteiger partial charge in [0.1, 0.15) is 0 Å². The molecule has 0 spiro atoms. The lowest BCUT2D eigenvalue weighted by molar-refractivity contribution is 0.207. The molecule has 0 aliphatic carbocycles. The third-order valence-electron chi connectivity index (χ3n) is 6.33. The summed E-state index contributed by atoms with van der Waals surface area (Å²) in [6.07, 6.45) is 1.17. The Morgan fingerprint density at radius 2 is 1.75 bits per heavy atom. The second kappa shape index (κ2) is 9.58. The molecule has 170 valence electrons. The summed E-state index contributed by atoms with van der Waals surface area (Å²) in [5, 5.41) is 18.6. The smallest absolute Gasteiger partial charge is 0.241 e. The SMILES string of the molecule is Cc1ccccc1C(O)Nc1ccc(S(=O)(=O)NC(C)C2CCCNC2)c2ccccc12. The molecular weight excluding hydrogens is 422 g/mol. The number of nitrogens with one attached hydrogen (secondary N) is 3. The van der Waals surface area contributed by atoms with Gasteiger partial charge < -0.3 is 15.7 Å². The molecular formula is C25H31N3O3S. The number of aliphatic hydroxyl groups excluding tert-OH is 1. The number of anilines is 1. The number of hydrogen-bond donors (Lipinski definition) is 4. The zero-order valence-electron chi connectivity index (χ0n) is 18.5. The van der Waals surface area contributed by atoms with Crippen molar-refractivity contribution in [1.29, 1.82) is 0 Å². The molecule has 7 heteroatoms. The maximum absolute atomic E-state index is 13.3. The van der Waals surface area contributed by atoms with Gasteiger partial charge in [-0.25, -0.2) is 13.1 Å². The second-order valence-corrected chi connectivity index (χ2v) is 10.3. The summed E-state index contributed by atoms with van der Waals surface area (Å²) in [6, 6.07) is 18.2. The Morgan fingerprint density at radius 3 is 2.47 bits per heavy atom. The van der Waals surface area contributed by atoms with Crippen LogP contribution in [0.15, 0.2) is 65.6 Å². The standard InChI is InChI=1S/C25H31N3O3S/c1-17-8-3-4-10-20(17)25(29)27-23-13-14-24(22-12-6-5-11-21(22)23)32(30,31)28-18(2)19-9-7-15-26-16-19/h3-6,8,10-14,18-19,25-29H,7,9,15-16H2,1-2H3. The summed E-state index contributed by atoms with van der Waals surface area (Å²) in [4.78, 5) is 0.250. The second-order valence-electron chi connectivity index (χ2n) is 8.58. The molecule has 1 saturated heterocycles. The van der Waals surface area contributed by atoms with Crippen LogP contribution in [0.4, 0.5) is 5.69 Å². The molecule has 0 amide bonds. The van der Waals surface area contributed by atoms with Crippen molar-refractivity contribution in [1.82, 2.24) is 10.0 Å². The van der Waals surface area contributed by atoms with Gasteiger partial charge in [0.05, 0.1) is 4.90 Å². The number of rotatable bonds is 7. The molecule has 6 nitrogen and oxygen atoms in total. The number of piperidine rings is 1. The number of aryl methyl sites for hydroxylation is 1. The molecule has 32 heavy (non-hydrogen) atoms. The average Bonchev–Trinajstić information content (AvgIpc) is 2.79. The van der Waals surface area contributed by atoms with Crippen LogP contribution in [-0.2, 0) is 10.0 Å². The molecule has 4 N–H and O–H groups in total. The molecule has 3 aromatic rings. The van der Waals surface area contributed by atoms with Crippen LogP contribution in [0.25, 0.3) is 10.8 Å². The molecule has 3 aromatic carbocycles. The summed E-state index contributed by atoms with van der Waals surface area (Å²) < 4.78 is 29.5. The highest BCUT2D eigenvalue weighted by Gasteiger charge is 2.26. The van der Waals surface area contributed by atoms with Crippen LogP contribution in [0.1, 0.15) is 37.1 Å². The van der Waals surface area contributed by atoms with Gasteiger partial charge in [0, 0.05) is 28.1 Å². The van der Waals surface area contributed by atoms with Gasteiger partial charge in [0.2, 0.25) is 10.0 Å². The predicted octanol–water partition coefficient (Wildman–Crippen LogP) is 3.92. The van der Waals surface area contributed by atoms with Gasteiger partial charge in [-0.1, -0.05) is 48.5 Å². The minimum absolute atomic E-state index is 0.160. The first-order valence-electron chi connectivity index (χ1n) is 11.1. The first-order chi connectivity index (χ1) is 15.4. The highest BCUT2D eigenvalue weighted by Crippen LogP contribution is 2.32. The van der Waals surface area contributed by atoms with E-state index in [0.29, 0.717) is 11.1 Å². The van der Waals surface area contributed by atoms with Gasteiger partial charge in [-0.15, -0.1) is 0 Å². The van der Waals surface area contributed by atoms with Gasteiger partial charge in [-0.3, -0.25) is 0 Å². The van der Waals surface area contributed by atoms with E-state index in [2.05, 4.69) is 15.4 Å². The molecule has 1 fully saturated rings. The summed E-state index contributed by atoms with van der Waals surface area (Å²) >= 11 is 0. The molecule has 0 saturated carbocycles. The Morgan fingerprint density at radius 1 is 1.03 bits per heavy atom. The van der Waals surface area contributed by atoms with Crippen LogP contribution in [0.2, 0.25) is 0 Å². The lowest BCUT2D eigenvalue weighted by atomic mass is 9.94. The van der Waals surface area contributed by atoms with Crippen molar-refractivity contribution in [3.05, 3.63) is 71.8 Å². The van der Waals surface area contributed by atoms with E-state index in [9.17, 15) is 13.5 Å². The van der Waals surface area contributed by atoms with Crippen molar-refractivity contribution in [3.8, 4) is 0 Å². The van der Waals surface area contributed by atoms with E-state index in [1.807, 2.05) is 62.4 Å². The van der Waals surface area contributed by atoms with E-state index in [1.165, 1.54) is 0 Å². The highest BCUT2D eigenvalue weighted by atomic mass is 32.2. The molecule has 1 heterocycles. The summed E-state index contributed by atoms with van der Waals surface area (Å²) in [7, 11) is -3.71. The van der Waals surface area contributed by atoms with E-state index in [-0.39, 0.29) is 16.9 Å². The first-order valence-corrected chi connectivity index (χ1v) is 12.6. The van der Waals surface area contributed by atoms with Crippen molar-refractivity contribution < 1.29 is 13.5 Å². The number of hydrogen-bond acceptors (Lipinski definition) is 5. The summed E-state index contributed by atoms with van der Waals surface area (Å²) in [5.41, 5.74) is 2.44. The predicted molar refractivity (Wildman–Crippen MR) is 129 cm³/mol.